The summed E-state index contributed by atoms with van der Waals surface area (Å²) in [7, 11) is 0. The minimum absolute atomic E-state index is 0.228. The topological polar surface area (TPSA) is 70.6 Å². The second-order valence-electron chi connectivity index (χ2n) is 5.38. The van der Waals surface area contributed by atoms with Gasteiger partial charge in [0.25, 0.3) is 0 Å². The van der Waals surface area contributed by atoms with Crippen LogP contribution in [0.5, 0.6) is 0 Å². The number of thiocarbonyl (C=S) groups is 1. The number of nitrogens with zero attached hydrogens (tertiary/aromatic N) is 2. The fraction of sp³-hybridized carbons (Fsp3) is 0.312. The molecule has 25 heavy (non-hydrogen) atoms. The van der Waals surface area contributed by atoms with Crippen molar-refractivity contribution in [1.29, 1.82) is 0 Å². The van der Waals surface area contributed by atoms with Crippen LogP contribution in [0.4, 0.5) is 10.8 Å². The molecule has 3 rings (SSSR count). The molecule has 1 atom stereocenters. The number of hydrazone groups is 1. The highest BCUT2D eigenvalue weighted by Crippen LogP contribution is 2.27. The third kappa shape index (κ3) is 5.64. The van der Waals surface area contributed by atoms with Crippen molar-refractivity contribution in [1.82, 2.24) is 15.7 Å². The van der Waals surface area contributed by atoms with E-state index in [1.807, 2.05) is 30.3 Å². The summed E-state index contributed by atoms with van der Waals surface area (Å²) in [4.78, 5) is 5.03. The molecule has 1 fully saturated rings. The van der Waals surface area contributed by atoms with Gasteiger partial charge >= 0.3 is 0 Å². The molecule has 1 unspecified atom stereocenters. The molecule has 0 radical (unpaired) electrons. The van der Waals surface area contributed by atoms with E-state index in [2.05, 4.69) is 26.1 Å². The maximum atomic E-state index is 6.15. The fourth-order valence-electron chi connectivity index (χ4n) is 2.29. The number of ether oxygens (including phenoxy) is 1. The molecule has 3 N–H and O–H groups in total. The average Bonchev–Trinajstić information content (AvgIpc) is 3.24. The van der Waals surface area contributed by atoms with Crippen LogP contribution >= 0.6 is 35.2 Å². The van der Waals surface area contributed by atoms with Crippen molar-refractivity contribution in [3.05, 3.63) is 40.4 Å². The van der Waals surface area contributed by atoms with Gasteiger partial charge in [-0.15, -0.1) is 0 Å². The Morgan fingerprint density at radius 2 is 2.28 bits per heavy atom. The summed E-state index contributed by atoms with van der Waals surface area (Å²) in [6.45, 7) is 1.52. The van der Waals surface area contributed by atoms with Crippen LogP contribution in [-0.2, 0) is 4.74 Å². The van der Waals surface area contributed by atoms with Crippen molar-refractivity contribution >= 4 is 57.3 Å². The van der Waals surface area contributed by atoms with Crippen LogP contribution in [0, 0.1) is 0 Å². The summed E-state index contributed by atoms with van der Waals surface area (Å²) in [6.07, 6.45) is 4.00. The van der Waals surface area contributed by atoms with E-state index in [1.54, 1.807) is 6.21 Å². The Hall–Kier alpha value is -1.74. The Bertz CT molecular complexity index is 731. The van der Waals surface area contributed by atoms with Crippen molar-refractivity contribution in [2.24, 2.45) is 5.10 Å². The van der Waals surface area contributed by atoms with E-state index in [0.29, 0.717) is 21.9 Å². The summed E-state index contributed by atoms with van der Waals surface area (Å²) in [5, 5.41) is 12.0. The first-order valence-electron chi connectivity index (χ1n) is 7.87. The number of aromatic nitrogens is 1. The molecule has 1 aliphatic heterocycles. The quantitative estimate of drug-likeness (QED) is 0.395. The molecule has 1 saturated heterocycles. The van der Waals surface area contributed by atoms with Gasteiger partial charge < -0.3 is 15.4 Å². The van der Waals surface area contributed by atoms with Gasteiger partial charge in [0.2, 0.25) is 0 Å². The van der Waals surface area contributed by atoms with E-state index in [1.165, 1.54) is 11.3 Å². The van der Waals surface area contributed by atoms with Crippen LogP contribution in [0.3, 0.4) is 0 Å². The summed E-state index contributed by atoms with van der Waals surface area (Å²) in [5.74, 6) is 0. The number of anilines is 2. The molecule has 1 aromatic heterocycles. The number of hydrogen-bond donors (Lipinski definition) is 3. The van der Waals surface area contributed by atoms with Gasteiger partial charge in [0.15, 0.2) is 15.4 Å². The number of thiazole rings is 1. The number of halogens is 1. The molecule has 132 valence electrons. The Kier molecular flexibility index (Phi) is 6.57. The Balaban J connectivity index is 1.48. The van der Waals surface area contributed by atoms with Gasteiger partial charge in [0.05, 0.1) is 17.2 Å². The lowest BCUT2D eigenvalue weighted by molar-refractivity contribution is 0.114. The lowest BCUT2D eigenvalue weighted by atomic mass is 10.2. The molecule has 2 aromatic rings. The van der Waals surface area contributed by atoms with Crippen molar-refractivity contribution < 1.29 is 4.74 Å². The Labute approximate surface area is 160 Å². The SMILES string of the molecule is S=C(NCC1CCCO1)NN=Cc1sc(Nc2ccccc2)nc1Cl. The number of rotatable bonds is 6. The van der Waals surface area contributed by atoms with E-state index < -0.39 is 0 Å². The second kappa shape index (κ2) is 9.10. The van der Waals surface area contributed by atoms with Gasteiger partial charge in [-0.2, -0.15) is 5.10 Å². The van der Waals surface area contributed by atoms with E-state index in [-0.39, 0.29) is 6.10 Å². The smallest absolute Gasteiger partial charge is 0.189 e. The standard InChI is InChI=1S/C16H18ClN5OS2/c17-14-13(25-16(21-14)20-11-5-2-1-3-6-11)10-19-22-15(24)18-9-12-7-4-8-23-12/h1-3,5-6,10,12H,4,7-9H2,(H,20,21)(H2,18,22,24). The first-order valence-corrected chi connectivity index (χ1v) is 9.48. The van der Waals surface area contributed by atoms with Crippen LogP contribution < -0.4 is 16.1 Å². The molecule has 9 heteroatoms. The predicted molar refractivity (Wildman–Crippen MR) is 107 cm³/mol. The predicted octanol–water partition coefficient (Wildman–Crippen LogP) is 3.52. The largest absolute Gasteiger partial charge is 0.376 e. The van der Waals surface area contributed by atoms with E-state index in [0.717, 1.165) is 30.0 Å². The monoisotopic (exact) mass is 395 g/mol. The molecule has 1 aromatic carbocycles. The molecular formula is C16H18ClN5OS2. The summed E-state index contributed by atoms with van der Waals surface area (Å²) in [5.41, 5.74) is 3.73. The van der Waals surface area contributed by atoms with Crippen LogP contribution in [0.15, 0.2) is 35.4 Å². The van der Waals surface area contributed by atoms with E-state index in [9.17, 15) is 0 Å². The molecule has 0 saturated carbocycles. The minimum atomic E-state index is 0.228. The summed E-state index contributed by atoms with van der Waals surface area (Å²) < 4.78 is 5.53. The van der Waals surface area contributed by atoms with Gasteiger partial charge in [0.1, 0.15) is 0 Å². The lowest BCUT2D eigenvalue weighted by Gasteiger charge is -2.11. The Morgan fingerprint density at radius 1 is 1.44 bits per heavy atom. The molecule has 0 amide bonds. The summed E-state index contributed by atoms with van der Waals surface area (Å²) in [6, 6.07) is 9.79. The third-order valence-corrected chi connectivity index (χ3v) is 5.04. The highest BCUT2D eigenvalue weighted by molar-refractivity contribution is 7.80. The molecule has 2 heterocycles. The molecular weight excluding hydrogens is 378 g/mol. The van der Waals surface area contributed by atoms with Crippen molar-refractivity contribution in [3.8, 4) is 0 Å². The highest BCUT2D eigenvalue weighted by Gasteiger charge is 2.15. The third-order valence-electron chi connectivity index (χ3n) is 3.50. The highest BCUT2D eigenvalue weighted by atomic mass is 35.5. The first kappa shape index (κ1) is 18.1. The van der Waals surface area contributed by atoms with Crippen molar-refractivity contribution in [2.45, 2.75) is 18.9 Å². The first-order chi connectivity index (χ1) is 12.2. The molecule has 0 spiro atoms. The molecule has 6 nitrogen and oxygen atoms in total. The fourth-order valence-corrected chi connectivity index (χ4v) is 3.48. The number of benzene rings is 1. The second-order valence-corrected chi connectivity index (χ2v) is 7.18. The minimum Gasteiger partial charge on any atom is -0.376 e. The van der Waals surface area contributed by atoms with E-state index in [4.69, 9.17) is 28.6 Å². The van der Waals surface area contributed by atoms with Gasteiger partial charge in [-0.3, -0.25) is 5.43 Å². The van der Waals surface area contributed by atoms with Gasteiger partial charge in [0, 0.05) is 18.8 Å². The number of hydrogen-bond acceptors (Lipinski definition) is 6. The van der Waals surface area contributed by atoms with Gasteiger partial charge in [-0.1, -0.05) is 41.1 Å². The molecule has 1 aliphatic rings. The molecule has 0 aliphatic carbocycles. The normalized spacial score (nSPS) is 16.9. The summed E-state index contributed by atoms with van der Waals surface area (Å²) >= 11 is 12.7. The molecule has 0 bridgehead atoms. The van der Waals surface area contributed by atoms with Crippen LogP contribution in [0.2, 0.25) is 5.15 Å². The zero-order valence-corrected chi connectivity index (χ0v) is 15.8. The lowest BCUT2D eigenvalue weighted by Crippen LogP contribution is -2.37. The maximum absolute atomic E-state index is 6.15. The number of para-hydroxylation sites is 1. The zero-order valence-electron chi connectivity index (χ0n) is 13.4. The number of nitrogens with one attached hydrogen (secondary N) is 3. The van der Waals surface area contributed by atoms with Gasteiger partial charge in [-0.25, -0.2) is 4.98 Å². The van der Waals surface area contributed by atoms with Crippen LogP contribution in [0.1, 0.15) is 17.7 Å². The maximum Gasteiger partial charge on any atom is 0.189 e. The van der Waals surface area contributed by atoms with Crippen LogP contribution in [0.25, 0.3) is 0 Å². The van der Waals surface area contributed by atoms with Gasteiger partial charge in [-0.05, 0) is 37.2 Å². The average molecular weight is 396 g/mol. The van der Waals surface area contributed by atoms with Crippen LogP contribution in [-0.4, -0.2) is 35.6 Å². The van der Waals surface area contributed by atoms with E-state index >= 15 is 0 Å². The Morgan fingerprint density at radius 3 is 3.04 bits per heavy atom. The van der Waals surface area contributed by atoms with Crippen molar-refractivity contribution in [3.63, 3.8) is 0 Å². The zero-order chi connectivity index (χ0) is 17.5. The van der Waals surface area contributed by atoms with Crippen molar-refractivity contribution in [2.75, 3.05) is 18.5 Å².